The molecule has 0 bridgehead atoms. The zero-order chi connectivity index (χ0) is 29.3. The van der Waals surface area contributed by atoms with Gasteiger partial charge in [0.05, 0.1) is 49.1 Å². The van der Waals surface area contributed by atoms with E-state index in [0.29, 0.717) is 23.0 Å². The van der Waals surface area contributed by atoms with E-state index in [9.17, 15) is 14.7 Å². The second-order valence-corrected chi connectivity index (χ2v) is 8.75. The van der Waals surface area contributed by atoms with E-state index in [1.54, 1.807) is 20.8 Å². The fourth-order valence-electron chi connectivity index (χ4n) is 2.92. The van der Waals surface area contributed by atoms with Gasteiger partial charge >= 0.3 is 5.97 Å². The molecule has 2 N–H and O–H groups in total. The predicted octanol–water partition coefficient (Wildman–Crippen LogP) is 4.26. The smallest absolute Gasteiger partial charge is 0.339 e. The summed E-state index contributed by atoms with van der Waals surface area (Å²) in [6.07, 6.45) is 0. The molecule has 0 spiro atoms. The SMILES string of the molecule is C=C(C)OCOCC(COCOC(=C)C)(COCOC(=C)C)COCOc1ccc(NC(C)=O)cc1C(=O)O. The summed E-state index contributed by atoms with van der Waals surface area (Å²) in [4.78, 5) is 23.0. The number of allylic oxidation sites excluding steroid dienone is 3. The van der Waals surface area contributed by atoms with Gasteiger partial charge in [-0.05, 0) is 39.0 Å². The van der Waals surface area contributed by atoms with Gasteiger partial charge in [-0.25, -0.2) is 4.79 Å². The summed E-state index contributed by atoms with van der Waals surface area (Å²) in [7, 11) is 0. The second-order valence-electron chi connectivity index (χ2n) is 8.75. The molecular weight excluding hydrogens is 514 g/mol. The normalized spacial score (nSPS) is 10.9. The Hall–Kier alpha value is -3.58. The topological polar surface area (TPSA) is 140 Å². The van der Waals surface area contributed by atoms with E-state index in [0.717, 1.165) is 0 Å². The van der Waals surface area contributed by atoms with Crippen LogP contribution in [0.2, 0.25) is 0 Å². The average molecular weight is 554 g/mol. The number of carbonyl (C=O) groups is 2. The Labute approximate surface area is 229 Å². The Morgan fingerprint density at radius 2 is 1.21 bits per heavy atom. The van der Waals surface area contributed by atoms with Crippen LogP contribution in [0.25, 0.3) is 0 Å². The number of hydrogen-bond acceptors (Lipinski definition) is 10. The van der Waals surface area contributed by atoms with Crippen LogP contribution in [-0.2, 0) is 38.0 Å². The molecule has 0 unspecified atom stereocenters. The molecule has 218 valence electrons. The molecule has 0 aliphatic rings. The number of nitrogens with one attached hydrogen (secondary N) is 1. The molecule has 1 amide bonds. The molecule has 0 fully saturated rings. The summed E-state index contributed by atoms with van der Waals surface area (Å²) in [6.45, 7) is 17.2. The minimum absolute atomic E-state index is 0.0204. The van der Waals surface area contributed by atoms with Crippen LogP contribution >= 0.6 is 0 Å². The third kappa shape index (κ3) is 14.8. The molecule has 0 saturated carbocycles. The summed E-state index contributed by atoms with van der Waals surface area (Å²) in [5, 5.41) is 12.1. The number of aromatic carboxylic acids is 1. The number of rotatable bonds is 22. The van der Waals surface area contributed by atoms with E-state index in [1.807, 2.05) is 0 Å². The molecule has 12 heteroatoms. The minimum atomic E-state index is -1.23. The van der Waals surface area contributed by atoms with Crippen molar-refractivity contribution in [2.24, 2.45) is 5.41 Å². The standard InChI is InChI=1S/C27H39NO11/c1-19(2)36-15-32-11-27(12-33-16-37-20(3)4,13-34-17-38-21(5)6)14-35-18-39-25-9-8-23(28-22(7)29)10-24(25)26(30)31/h8-10H,1,3,5,11-18H2,2,4,6-7H3,(H,28,29)(H,30,31). The Balaban J connectivity index is 2.94. The van der Waals surface area contributed by atoms with Crippen LogP contribution < -0.4 is 10.1 Å². The number of carboxylic acid groups (broad SMARTS) is 1. The lowest BCUT2D eigenvalue weighted by Crippen LogP contribution is -2.42. The van der Waals surface area contributed by atoms with Crippen molar-refractivity contribution in [2.75, 3.05) is 58.9 Å². The maximum Gasteiger partial charge on any atom is 0.339 e. The summed E-state index contributed by atoms with van der Waals surface area (Å²) < 4.78 is 44.3. The van der Waals surface area contributed by atoms with Crippen molar-refractivity contribution in [3.8, 4) is 5.75 Å². The first kappa shape index (κ1) is 33.4. The van der Waals surface area contributed by atoms with Gasteiger partial charge < -0.3 is 48.3 Å². The van der Waals surface area contributed by atoms with Crippen molar-refractivity contribution in [3.63, 3.8) is 0 Å². The van der Waals surface area contributed by atoms with Crippen LogP contribution in [0.4, 0.5) is 5.69 Å². The van der Waals surface area contributed by atoms with Crippen LogP contribution in [0, 0.1) is 5.41 Å². The first-order chi connectivity index (χ1) is 18.4. The fraction of sp³-hybridized carbons (Fsp3) is 0.481. The summed E-state index contributed by atoms with van der Waals surface area (Å²) in [6, 6.07) is 4.25. The molecule has 0 aromatic heterocycles. The molecule has 0 aliphatic heterocycles. The van der Waals surface area contributed by atoms with Gasteiger partial charge in [0.15, 0.2) is 27.2 Å². The average Bonchev–Trinajstić information content (AvgIpc) is 2.84. The van der Waals surface area contributed by atoms with Gasteiger partial charge in [-0.2, -0.15) is 0 Å². The summed E-state index contributed by atoms with van der Waals surface area (Å²) in [5.74, 6) is -0.0363. The lowest BCUT2D eigenvalue weighted by Gasteiger charge is -2.32. The highest BCUT2D eigenvalue weighted by molar-refractivity contribution is 5.95. The highest BCUT2D eigenvalue weighted by atomic mass is 16.7. The van der Waals surface area contributed by atoms with Gasteiger partial charge in [0.1, 0.15) is 11.3 Å². The van der Waals surface area contributed by atoms with Crippen molar-refractivity contribution in [1.29, 1.82) is 0 Å². The van der Waals surface area contributed by atoms with Gasteiger partial charge in [-0.3, -0.25) is 4.79 Å². The van der Waals surface area contributed by atoms with Crippen molar-refractivity contribution >= 4 is 17.6 Å². The van der Waals surface area contributed by atoms with Gasteiger partial charge in [0.25, 0.3) is 0 Å². The monoisotopic (exact) mass is 553 g/mol. The highest BCUT2D eigenvalue weighted by Crippen LogP contribution is 2.25. The van der Waals surface area contributed by atoms with Crippen molar-refractivity contribution in [2.45, 2.75) is 27.7 Å². The van der Waals surface area contributed by atoms with E-state index in [-0.39, 0.29) is 70.8 Å². The molecular formula is C27H39NO11. The molecule has 0 aliphatic carbocycles. The number of carboxylic acids is 1. The van der Waals surface area contributed by atoms with E-state index >= 15 is 0 Å². The Kier molecular flexibility index (Phi) is 15.3. The molecule has 12 nitrogen and oxygen atoms in total. The van der Waals surface area contributed by atoms with E-state index in [4.69, 9.17) is 37.9 Å². The molecule has 0 heterocycles. The third-order valence-electron chi connectivity index (χ3n) is 4.63. The van der Waals surface area contributed by atoms with Gasteiger partial charge in [0, 0.05) is 12.6 Å². The van der Waals surface area contributed by atoms with Crippen molar-refractivity contribution < 1.29 is 52.6 Å². The van der Waals surface area contributed by atoms with Crippen molar-refractivity contribution in [1.82, 2.24) is 0 Å². The van der Waals surface area contributed by atoms with E-state index < -0.39 is 11.4 Å². The number of anilines is 1. The lowest BCUT2D eigenvalue weighted by molar-refractivity contribution is -0.167. The summed E-state index contributed by atoms with van der Waals surface area (Å²) in [5.41, 5.74) is -0.690. The van der Waals surface area contributed by atoms with Crippen LogP contribution in [0.1, 0.15) is 38.1 Å². The molecule has 0 radical (unpaired) electrons. The molecule has 1 aromatic rings. The number of carbonyl (C=O) groups excluding carboxylic acids is 1. The second kappa shape index (κ2) is 17.8. The molecule has 1 aromatic carbocycles. The van der Waals surface area contributed by atoms with Crippen LogP contribution in [0.3, 0.4) is 0 Å². The third-order valence-corrected chi connectivity index (χ3v) is 4.63. The largest absolute Gasteiger partial charge is 0.478 e. The number of hydrogen-bond donors (Lipinski definition) is 2. The first-order valence-corrected chi connectivity index (χ1v) is 11.9. The quantitative estimate of drug-likeness (QED) is 0.121. The molecule has 0 atom stereocenters. The number of benzene rings is 1. The maximum absolute atomic E-state index is 11.7. The fourth-order valence-corrected chi connectivity index (χ4v) is 2.92. The maximum atomic E-state index is 11.7. The number of amides is 1. The summed E-state index contributed by atoms with van der Waals surface area (Å²) >= 11 is 0. The zero-order valence-corrected chi connectivity index (χ0v) is 23.0. The Morgan fingerprint density at radius 3 is 1.59 bits per heavy atom. The van der Waals surface area contributed by atoms with Crippen molar-refractivity contribution in [3.05, 3.63) is 60.8 Å². The van der Waals surface area contributed by atoms with Crippen LogP contribution in [-0.4, -0.2) is 70.6 Å². The van der Waals surface area contributed by atoms with E-state index in [1.165, 1.54) is 25.1 Å². The number of ether oxygens (including phenoxy) is 8. The minimum Gasteiger partial charge on any atom is -0.478 e. The molecule has 0 saturated heterocycles. The Morgan fingerprint density at radius 1 is 0.769 bits per heavy atom. The Bertz CT molecular complexity index is 921. The highest BCUT2D eigenvalue weighted by Gasteiger charge is 2.33. The first-order valence-electron chi connectivity index (χ1n) is 11.9. The van der Waals surface area contributed by atoms with Gasteiger partial charge in [0.2, 0.25) is 5.91 Å². The molecule has 1 rings (SSSR count). The van der Waals surface area contributed by atoms with Gasteiger partial charge in [-0.1, -0.05) is 19.7 Å². The van der Waals surface area contributed by atoms with Crippen LogP contribution in [0.15, 0.2) is 55.2 Å². The molecule has 39 heavy (non-hydrogen) atoms. The van der Waals surface area contributed by atoms with E-state index in [2.05, 4.69) is 25.1 Å². The predicted molar refractivity (Wildman–Crippen MR) is 142 cm³/mol. The van der Waals surface area contributed by atoms with Crippen LogP contribution in [0.5, 0.6) is 5.75 Å². The zero-order valence-electron chi connectivity index (χ0n) is 23.0. The van der Waals surface area contributed by atoms with Gasteiger partial charge in [-0.15, -0.1) is 0 Å². The lowest BCUT2D eigenvalue weighted by atomic mass is 9.92.